The zero-order chi connectivity index (χ0) is 18.2. The molecule has 0 saturated heterocycles. The van der Waals surface area contributed by atoms with Crippen LogP contribution in [0.15, 0.2) is 71.3 Å². The van der Waals surface area contributed by atoms with Gasteiger partial charge in [-0.1, -0.05) is 42.5 Å². The van der Waals surface area contributed by atoms with E-state index in [0.29, 0.717) is 18.8 Å². The van der Waals surface area contributed by atoms with Crippen molar-refractivity contribution in [1.82, 2.24) is 14.5 Å². The number of para-hydroxylation sites is 2. The summed E-state index contributed by atoms with van der Waals surface area (Å²) in [6.07, 6.45) is 1.47. The molecule has 0 amide bonds. The van der Waals surface area contributed by atoms with Gasteiger partial charge in [-0.2, -0.15) is 0 Å². The number of halogens is 1. The molecule has 0 aliphatic carbocycles. The lowest BCUT2D eigenvalue weighted by atomic mass is 10.2. The minimum Gasteiger partial charge on any atom is -0.485 e. The molecule has 1 atom stereocenters. The number of imidazole rings is 1. The second-order valence-electron chi connectivity index (χ2n) is 6.40. The molecule has 27 heavy (non-hydrogen) atoms. The molecule has 0 N–H and O–H groups in total. The van der Waals surface area contributed by atoms with E-state index >= 15 is 0 Å². The Hall–Kier alpha value is -2.86. The molecule has 1 unspecified atom stereocenters. The molecule has 1 aliphatic rings. The largest absolute Gasteiger partial charge is 0.485 e. The van der Waals surface area contributed by atoms with Crippen LogP contribution in [0.1, 0.15) is 17.5 Å². The van der Waals surface area contributed by atoms with Crippen LogP contribution < -0.4 is 9.47 Å². The predicted molar refractivity (Wildman–Crippen MR) is 106 cm³/mol. The highest BCUT2D eigenvalue weighted by molar-refractivity contribution is 9.10. The summed E-state index contributed by atoms with van der Waals surface area (Å²) in [4.78, 5) is 9.24. The Balaban J connectivity index is 1.60. The van der Waals surface area contributed by atoms with Crippen LogP contribution in [0, 0.1) is 0 Å². The summed E-state index contributed by atoms with van der Waals surface area (Å²) >= 11 is 3.52. The van der Waals surface area contributed by atoms with E-state index in [1.54, 1.807) is 6.20 Å². The quantitative estimate of drug-likeness (QED) is 0.478. The maximum Gasteiger partial charge on any atom is 0.190 e. The molecule has 0 saturated carbocycles. The first-order chi connectivity index (χ1) is 13.3. The number of nitrogens with zero attached hydrogens (tertiary/aromatic N) is 3. The highest BCUT2D eigenvalue weighted by atomic mass is 79.9. The number of hydrogen-bond acceptors (Lipinski definition) is 4. The second-order valence-corrected chi connectivity index (χ2v) is 7.32. The summed E-state index contributed by atoms with van der Waals surface area (Å²) in [5.41, 5.74) is 2.85. The van der Waals surface area contributed by atoms with Crippen LogP contribution in [0.3, 0.4) is 0 Å². The molecule has 0 fully saturated rings. The molecule has 134 valence electrons. The summed E-state index contributed by atoms with van der Waals surface area (Å²) in [7, 11) is 0. The van der Waals surface area contributed by atoms with Gasteiger partial charge in [0, 0.05) is 17.2 Å². The van der Waals surface area contributed by atoms with E-state index in [9.17, 15) is 0 Å². The lowest BCUT2D eigenvalue weighted by Gasteiger charge is -2.26. The van der Waals surface area contributed by atoms with E-state index < -0.39 is 0 Å². The third-order valence-corrected chi connectivity index (χ3v) is 5.02. The van der Waals surface area contributed by atoms with E-state index in [-0.39, 0.29) is 6.10 Å². The van der Waals surface area contributed by atoms with Gasteiger partial charge in [0.05, 0.1) is 5.52 Å². The topological polar surface area (TPSA) is 49.2 Å². The molecular weight excluding hydrogens is 406 g/mol. The first kappa shape index (κ1) is 16.3. The van der Waals surface area contributed by atoms with Gasteiger partial charge in [-0.3, -0.25) is 0 Å². The highest BCUT2D eigenvalue weighted by Gasteiger charge is 2.28. The number of rotatable bonds is 3. The van der Waals surface area contributed by atoms with Gasteiger partial charge in [0.2, 0.25) is 0 Å². The van der Waals surface area contributed by atoms with Crippen LogP contribution in [0.5, 0.6) is 11.5 Å². The molecular formula is C21H16BrN3O2. The number of aromatic nitrogens is 3. The lowest BCUT2D eigenvalue weighted by Crippen LogP contribution is -2.25. The summed E-state index contributed by atoms with van der Waals surface area (Å²) in [5, 5.41) is 0. The number of pyridine rings is 1. The van der Waals surface area contributed by atoms with Gasteiger partial charge >= 0.3 is 0 Å². The minimum absolute atomic E-state index is 0.295. The normalized spacial score (nSPS) is 15.8. The first-order valence-electron chi connectivity index (χ1n) is 8.72. The molecule has 4 aromatic rings. The van der Waals surface area contributed by atoms with Gasteiger partial charge in [-0.25, -0.2) is 9.97 Å². The van der Waals surface area contributed by atoms with Crippen LogP contribution in [0.25, 0.3) is 11.2 Å². The van der Waals surface area contributed by atoms with Gasteiger partial charge < -0.3 is 14.0 Å². The fourth-order valence-corrected chi connectivity index (χ4v) is 3.64. The second kappa shape index (κ2) is 6.70. The van der Waals surface area contributed by atoms with Crippen molar-refractivity contribution in [3.8, 4) is 11.5 Å². The Labute approximate surface area is 164 Å². The predicted octanol–water partition coefficient (Wildman–Crippen LogP) is 4.75. The smallest absolute Gasteiger partial charge is 0.190 e. The van der Waals surface area contributed by atoms with Crippen molar-refractivity contribution in [2.24, 2.45) is 0 Å². The number of ether oxygens (including phenoxy) is 2. The fraction of sp³-hybridized carbons (Fsp3) is 0.143. The van der Waals surface area contributed by atoms with Gasteiger partial charge in [-0.05, 0) is 39.7 Å². The summed E-state index contributed by atoms with van der Waals surface area (Å²) in [5.74, 6) is 2.32. The Morgan fingerprint density at radius 3 is 2.67 bits per heavy atom. The van der Waals surface area contributed by atoms with Crippen molar-refractivity contribution in [2.75, 3.05) is 6.61 Å². The summed E-state index contributed by atoms with van der Waals surface area (Å²) in [6, 6.07) is 20.1. The molecule has 2 aromatic carbocycles. The van der Waals surface area contributed by atoms with Crippen molar-refractivity contribution < 1.29 is 9.47 Å². The molecule has 5 nitrogen and oxygen atoms in total. The van der Waals surface area contributed by atoms with Crippen molar-refractivity contribution in [1.29, 1.82) is 0 Å². The van der Waals surface area contributed by atoms with Crippen LogP contribution in [0.4, 0.5) is 0 Å². The van der Waals surface area contributed by atoms with E-state index in [1.807, 2.05) is 48.5 Å². The molecule has 2 aromatic heterocycles. The Bertz CT molecular complexity index is 1110. The standard InChI is InChI=1S/C21H16BrN3O2/c22-15-10-16-20(23-11-15)24-21(25(16)12-14-6-2-1-3-7-14)19-13-26-17-8-4-5-9-18(17)27-19/h1-11,19H,12-13H2. The van der Waals surface area contributed by atoms with E-state index in [0.717, 1.165) is 27.3 Å². The van der Waals surface area contributed by atoms with E-state index in [1.165, 1.54) is 5.56 Å². The maximum atomic E-state index is 6.21. The highest BCUT2D eigenvalue weighted by Crippen LogP contribution is 2.36. The zero-order valence-corrected chi connectivity index (χ0v) is 16.0. The van der Waals surface area contributed by atoms with Gasteiger partial charge in [0.25, 0.3) is 0 Å². The van der Waals surface area contributed by atoms with Crippen molar-refractivity contribution in [3.63, 3.8) is 0 Å². The third-order valence-electron chi connectivity index (χ3n) is 4.58. The van der Waals surface area contributed by atoms with Crippen LogP contribution in [-0.4, -0.2) is 21.1 Å². The van der Waals surface area contributed by atoms with Crippen LogP contribution in [0.2, 0.25) is 0 Å². The average molecular weight is 422 g/mol. The minimum atomic E-state index is -0.295. The van der Waals surface area contributed by atoms with Gasteiger partial charge in [0.15, 0.2) is 29.1 Å². The summed E-state index contributed by atoms with van der Waals surface area (Å²) < 4.78 is 15.2. The number of benzene rings is 2. The zero-order valence-electron chi connectivity index (χ0n) is 14.4. The SMILES string of the molecule is Brc1cnc2nc(C3COc4ccccc4O3)n(Cc3ccccc3)c2c1. The lowest BCUT2D eigenvalue weighted by molar-refractivity contribution is 0.0830. The Morgan fingerprint density at radius 2 is 1.81 bits per heavy atom. The Morgan fingerprint density at radius 1 is 1.04 bits per heavy atom. The molecule has 6 heteroatoms. The third kappa shape index (κ3) is 3.06. The molecule has 5 rings (SSSR count). The number of fused-ring (bicyclic) bond motifs is 2. The van der Waals surface area contributed by atoms with Gasteiger partial charge in [-0.15, -0.1) is 0 Å². The van der Waals surface area contributed by atoms with E-state index in [4.69, 9.17) is 14.5 Å². The first-order valence-corrected chi connectivity index (χ1v) is 9.51. The van der Waals surface area contributed by atoms with Crippen LogP contribution in [-0.2, 0) is 6.54 Å². The van der Waals surface area contributed by atoms with E-state index in [2.05, 4.69) is 37.6 Å². The molecule has 0 bridgehead atoms. The molecule has 0 spiro atoms. The average Bonchev–Trinajstić information content (AvgIpc) is 3.06. The van der Waals surface area contributed by atoms with Crippen molar-refractivity contribution >= 4 is 27.1 Å². The fourth-order valence-electron chi connectivity index (χ4n) is 3.32. The Kier molecular flexibility index (Phi) is 4.05. The molecule has 3 heterocycles. The maximum absolute atomic E-state index is 6.21. The van der Waals surface area contributed by atoms with Crippen molar-refractivity contribution in [2.45, 2.75) is 12.6 Å². The summed E-state index contributed by atoms with van der Waals surface area (Å²) in [6.45, 7) is 1.10. The molecule has 0 radical (unpaired) electrons. The molecule has 1 aliphatic heterocycles. The number of hydrogen-bond donors (Lipinski definition) is 0. The van der Waals surface area contributed by atoms with Gasteiger partial charge in [0.1, 0.15) is 6.61 Å². The monoisotopic (exact) mass is 421 g/mol. The van der Waals surface area contributed by atoms with Crippen LogP contribution >= 0.6 is 15.9 Å². The van der Waals surface area contributed by atoms with Crippen molar-refractivity contribution in [3.05, 3.63) is 82.7 Å².